The monoisotopic (exact) mass is 409 g/mol. The quantitative estimate of drug-likeness (QED) is 0.837. The fourth-order valence-corrected chi connectivity index (χ4v) is 3.77. The lowest BCUT2D eigenvalue weighted by Crippen LogP contribution is -2.45. The van der Waals surface area contributed by atoms with E-state index in [0.29, 0.717) is 17.0 Å². The van der Waals surface area contributed by atoms with Crippen molar-refractivity contribution >= 4 is 29.3 Å². The molecule has 0 saturated carbocycles. The highest BCUT2D eigenvalue weighted by atomic mass is 32.2. The summed E-state index contributed by atoms with van der Waals surface area (Å²) in [5.41, 5.74) is -0.148. The van der Waals surface area contributed by atoms with Gasteiger partial charge in [-0.1, -0.05) is 0 Å². The summed E-state index contributed by atoms with van der Waals surface area (Å²) in [5, 5.41) is 14.8. The molecule has 2 amide bonds. The summed E-state index contributed by atoms with van der Waals surface area (Å²) in [6, 6.07) is 8.28. The molecule has 7 nitrogen and oxygen atoms in total. The van der Waals surface area contributed by atoms with Crippen molar-refractivity contribution in [2.75, 3.05) is 16.9 Å². The van der Waals surface area contributed by atoms with Crippen LogP contribution in [0.1, 0.15) is 11.3 Å². The van der Waals surface area contributed by atoms with Crippen LogP contribution in [-0.2, 0) is 22.3 Å². The summed E-state index contributed by atoms with van der Waals surface area (Å²) < 4.78 is 38.8. The molecule has 1 aromatic heterocycles. The molecule has 1 saturated heterocycles. The van der Waals surface area contributed by atoms with Crippen LogP contribution in [0.2, 0.25) is 0 Å². The summed E-state index contributed by atoms with van der Waals surface area (Å²) in [6.45, 7) is -0.392. The van der Waals surface area contributed by atoms with E-state index in [-0.39, 0.29) is 5.88 Å². The van der Waals surface area contributed by atoms with Gasteiger partial charge in [0.05, 0.1) is 17.5 Å². The summed E-state index contributed by atoms with van der Waals surface area (Å²) in [5.74, 6) is -0.264. The maximum Gasteiger partial charge on any atom is 0.435 e. The highest BCUT2D eigenvalue weighted by Gasteiger charge is 2.36. The van der Waals surface area contributed by atoms with Gasteiger partial charge in [-0.2, -0.15) is 23.5 Å². The van der Waals surface area contributed by atoms with Crippen LogP contribution in [0.5, 0.6) is 0 Å². The fraction of sp³-hybridized carbons (Fsp3) is 0.294. The van der Waals surface area contributed by atoms with Crippen LogP contribution in [0.3, 0.4) is 0 Å². The molecular weight excluding hydrogens is 395 g/mol. The molecule has 1 N–H and O–H groups in total. The van der Waals surface area contributed by atoms with Gasteiger partial charge in [-0.3, -0.25) is 14.3 Å². The van der Waals surface area contributed by atoms with Crippen LogP contribution in [-0.4, -0.2) is 44.2 Å². The third kappa shape index (κ3) is 4.45. The molecule has 0 radical (unpaired) electrons. The zero-order chi connectivity index (χ0) is 20.3. The van der Waals surface area contributed by atoms with E-state index in [2.05, 4.69) is 10.4 Å². The molecule has 0 bridgehead atoms. The average Bonchev–Trinajstić information content (AvgIpc) is 3.31. The molecule has 3 rings (SSSR count). The minimum absolute atomic E-state index is 0.262. The first-order valence-corrected chi connectivity index (χ1v) is 9.22. The molecule has 1 aliphatic rings. The number of anilines is 1. The Hall–Kier alpha value is -3.00. The van der Waals surface area contributed by atoms with Crippen molar-refractivity contribution in [2.45, 2.75) is 18.8 Å². The average molecular weight is 409 g/mol. The number of nitriles is 1. The normalized spacial score (nSPS) is 16.6. The van der Waals surface area contributed by atoms with Crippen LogP contribution in [0, 0.1) is 11.3 Å². The Bertz CT molecular complexity index is 920. The zero-order valence-electron chi connectivity index (χ0n) is 14.3. The third-order valence-electron chi connectivity index (χ3n) is 4.02. The first kappa shape index (κ1) is 19.8. The Morgan fingerprint density at radius 3 is 2.61 bits per heavy atom. The van der Waals surface area contributed by atoms with E-state index in [1.807, 2.05) is 6.07 Å². The number of halogens is 3. The standard InChI is InChI=1S/C17H14F3N5O2S/c18-17(19,20)14-5-6-24(23-14)8-15(26)25-10-28-9-13(25)16(27)22-12-3-1-11(7-21)2-4-12/h1-6,13H,8-10H2,(H,22,27). The molecular formula is C17H14F3N5O2S. The molecule has 1 aromatic carbocycles. The number of nitrogens with one attached hydrogen (secondary N) is 1. The first-order chi connectivity index (χ1) is 13.3. The van der Waals surface area contributed by atoms with Crippen molar-refractivity contribution in [3.8, 4) is 6.07 Å². The Kier molecular flexibility index (Phi) is 5.60. The number of carbonyl (C=O) groups excluding carboxylic acids is 2. The van der Waals surface area contributed by atoms with Crippen LogP contribution in [0.25, 0.3) is 0 Å². The first-order valence-electron chi connectivity index (χ1n) is 8.07. The van der Waals surface area contributed by atoms with Gasteiger partial charge in [0, 0.05) is 17.6 Å². The molecule has 0 spiro atoms. The largest absolute Gasteiger partial charge is 0.435 e. The third-order valence-corrected chi connectivity index (χ3v) is 5.03. The van der Waals surface area contributed by atoms with Gasteiger partial charge in [0.1, 0.15) is 12.6 Å². The maximum absolute atomic E-state index is 12.6. The number of amides is 2. The number of rotatable bonds is 4. The van der Waals surface area contributed by atoms with Crippen molar-refractivity contribution < 1.29 is 22.8 Å². The Morgan fingerprint density at radius 2 is 2.00 bits per heavy atom. The summed E-state index contributed by atoms with van der Waals surface area (Å²) in [7, 11) is 0. The van der Waals surface area contributed by atoms with Crippen molar-refractivity contribution in [3.63, 3.8) is 0 Å². The number of alkyl halides is 3. The maximum atomic E-state index is 12.6. The minimum Gasteiger partial charge on any atom is -0.324 e. The van der Waals surface area contributed by atoms with E-state index in [0.717, 1.165) is 16.9 Å². The van der Waals surface area contributed by atoms with Gasteiger partial charge in [0.25, 0.3) is 0 Å². The van der Waals surface area contributed by atoms with Crippen molar-refractivity contribution in [2.24, 2.45) is 0 Å². The van der Waals surface area contributed by atoms with Gasteiger partial charge in [0.15, 0.2) is 5.69 Å². The molecule has 146 valence electrons. The van der Waals surface area contributed by atoms with Gasteiger partial charge in [-0.25, -0.2) is 0 Å². The number of nitrogens with zero attached hydrogens (tertiary/aromatic N) is 4. The van der Waals surface area contributed by atoms with Crippen LogP contribution >= 0.6 is 11.8 Å². The number of aromatic nitrogens is 2. The lowest BCUT2D eigenvalue weighted by atomic mass is 10.2. The second-order valence-corrected chi connectivity index (χ2v) is 6.95. The topological polar surface area (TPSA) is 91.0 Å². The number of hydrogen-bond donors (Lipinski definition) is 1. The minimum atomic E-state index is -4.58. The predicted molar refractivity (Wildman–Crippen MR) is 95.0 cm³/mol. The van der Waals surface area contributed by atoms with Crippen LogP contribution < -0.4 is 5.32 Å². The van der Waals surface area contributed by atoms with Gasteiger partial charge in [0.2, 0.25) is 11.8 Å². The molecule has 2 heterocycles. The zero-order valence-corrected chi connectivity index (χ0v) is 15.1. The molecule has 1 atom stereocenters. The van der Waals surface area contributed by atoms with Crippen LogP contribution in [0.15, 0.2) is 36.5 Å². The predicted octanol–water partition coefficient (Wildman–Crippen LogP) is 2.31. The van der Waals surface area contributed by atoms with E-state index < -0.39 is 36.3 Å². The van der Waals surface area contributed by atoms with Crippen molar-refractivity contribution in [1.29, 1.82) is 5.26 Å². The Morgan fingerprint density at radius 1 is 1.29 bits per heavy atom. The molecule has 11 heteroatoms. The number of carbonyl (C=O) groups is 2. The molecule has 28 heavy (non-hydrogen) atoms. The van der Waals surface area contributed by atoms with E-state index in [1.54, 1.807) is 24.3 Å². The second-order valence-electron chi connectivity index (χ2n) is 5.95. The lowest BCUT2D eigenvalue weighted by molar-refractivity contribution is -0.142. The molecule has 1 aliphatic heterocycles. The smallest absolute Gasteiger partial charge is 0.324 e. The second kappa shape index (κ2) is 7.93. The lowest BCUT2D eigenvalue weighted by Gasteiger charge is -2.23. The summed E-state index contributed by atoms with van der Waals surface area (Å²) in [6.07, 6.45) is -3.50. The molecule has 1 unspecified atom stereocenters. The van der Waals surface area contributed by atoms with Gasteiger partial charge in [-0.15, -0.1) is 11.8 Å². The van der Waals surface area contributed by atoms with E-state index >= 15 is 0 Å². The molecule has 0 aliphatic carbocycles. The Labute approximate surface area is 162 Å². The van der Waals surface area contributed by atoms with E-state index in [1.165, 1.54) is 16.7 Å². The SMILES string of the molecule is N#Cc1ccc(NC(=O)C2CSCN2C(=O)Cn2ccc(C(F)(F)F)n2)cc1. The molecule has 2 aromatic rings. The summed E-state index contributed by atoms with van der Waals surface area (Å²) in [4.78, 5) is 26.3. The number of benzene rings is 1. The number of hydrogen-bond acceptors (Lipinski definition) is 5. The van der Waals surface area contributed by atoms with Gasteiger partial charge >= 0.3 is 6.18 Å². The van der Waals surface area contributed by atoms with E-state index in [4.69, 9.17) is 5.26 Å². The Balaban J connectivity index is 1.64. The number of thioether (sulfide) groups is 1. The van der Waals surface area contributed by atoms with Gasteiger partial charge < -0.3 is 10.2 Å². The fourth-order valence-electron chi connectivity index (χ4n) is 2.59. The van der Waals surface area contributed by atoms with Gasteiger partial charge in [-0.05, 0) is 30.3 Å². The molecule has 1 fully saturated rings. The summed E-state index contributed by atoms with van der Waals surface area (Å²) >= 11 is 1.38. The van der Waals surface area contributed by atoms with Crippen molar-refractivity contribution in [1.82, 2.24) is 14.7 Å². The highest BCUT2D eigenvalue weighted by Crippen LogP contribution is 2.27. The van der Waals surface area contributed by atoms with Crippen molar-refractivity contribution in [3.05, 3.63) is 47.8 Å². The van der Waals surface area contributed by atoms with Crippen LogP contribution in [0.4, 0.5) is 18.9 Å². The highest BCUT2D eigenvalue weighted by molar-refractivity contribution is 7.99. The van der Waals surface area contributed by atoms with E-state index in [9.17, 15) is 22.8 Å².